The Labute approximate surface area is 102 Å². The fraction of sp³-hybridized carbons (Fsp3) is 1.00. The van der Waals surface area contributed by atoms with Gasteiger partial charge in [-0.15, -0.1) is 0 Å². The van der Waals surface area contributed by atoms with E-state index in [9.17, 15) is 0 Å². The molecule has 2 unspecified atom stereocenters. The van der Waals surface area contributed by atoms with Gasteiger partial charge in [-0.3, -0.25) is 0 Å². The van der Waals surface area contributed by atoms with E-state index in [1.807, 2.05) is 0 Å². The summed E-state index contributed by atoms with van der Waals surface area (Å²) in [6.07, 6.45) is 6.64. The summed E-state index contributed by atoms with van der Waals surface area (Å²) in [7, 11) is 0. The van der Waals surface area contributed by atoms with Crippen LogP contribution in [0.3, 0.4) is 0 Å². The summed E-state index contributed by atoms with van der Waals surface area (Å²) in [5.74, 6) is 0.931. The van der Waals surface area contributed by atoms with Gasteiger partial charge >= 0.3 is 0 Å². The molecule has 0 bridgehead atoms. The van der Waals surface area contributed by atoms with E-state index < -0.39 is 0 Å². The molecular formula is C14H30N2. The highest BCUT2D eigenvalue weighted by molar-refractivity contribution is 4.73. The van der Waals surface area contributed by atoms with E-state index >= 15 is 0 Å². The zero-order chi connectivity index (χ0) is 11.8. The van der Waals surface area contributed by atoms with Crippen LogP contribution in [0, 0.1) is 5.92 Å². The molecule has 0 spiro atoms. The summed E-state index contributed by atoms with van der Waals surface area (Å²) in [6, 6.07) is 0.750. The summed E-state index contributed by atoms with van der Waals surface area (Å²) in [5.41, 5.74) is 0. The van der Waals surface area contributed by atoms with Crippen molar-refractivity contribution in [3.8, 4) is 0 Å². The first kappa shape index (κ1) is 14.0. The molecule has 0 aliphatic carbocycles. The molecule has 96 valence electrons. The third-order valence-corrected chi connectivity index (χ3v) is 3.71. The van der Waals surface area contributed by atoms with Crippen LogP contribution in [0.5, 0.6) is 0 Å². The van der Waals surface area contributed by atoms with Gasteiger partial charge in [-0.1, -0.05) is 20.8 Å². The zero-order valence-corrected chi connectivity index (χ0v) is 11.5. The molecule has 2 nitrogen and oxygen atoms in total. The van der Waals surface area contributed by atoms with Gasteiger partial charge in [-0.25, -0.2) is 0 Å². The van der Waals surface area contributed by atoms with E-state index in [0.29, 0.717) is 0 Å². The van der Waals surface area contributed by atoms with Crippen LogP contribution in [0.2, 0.25) is 0 Å². The van der Waals surface area contributed by atoms with Gasteiger partial charge in [0.05, 0.1) is 0 Å². The fourth-order valence-corrected chi connectivity index (χ4v) is 2.59. The van der Waals surface area contributed by atoms with E-state index in [0.717, 1.165) is 12.0 Å². The third kappa shape index (κ3) is 5.31. The van der Waals surface area contributed by atoms with Crippen molar-refractivity contribution in [2.24, 2.45) is 5.92 Å². The van der Waals surface area contributed by atoms with Gasteiger partial charge in [0.25, 0.3) is 0 Å². The molecule has 0 aromatic heterocycles. The minimum Gasteiger partial charge on any atom is -0.314 e. The van der Waals surface area contributed by atoms with Gasteiger partial charge in [-0.2, -0.15) is 0 Å². The standard InChI is InChI=1S/C14H30N2/c1-4-9-15-14(5-2)7-6-10-16-11-8-13(3)12-16/h13-15H,4-12H2,1-3H3. The van der Waals surface area contributed by atoms with Gasteiger partial charge in [0.2, 0.25) is 0 Å². The normalized spacial score (nSPS) is 23.8. The summed E-state index contributed by atoms with van der Waals surface area (Å²) >= 11 is 0. The number of rotatable bonds is 8. The smallest absolute Gasteiger partial charge is 0.00649 e. The molecule has 0 saturated carbocycles. The van der Waals surface area contributed by atoms with Crippen molar-refractivity contribution in [1.29, 1.82) is 0 Å². The molecule has 2 atom stereocenters. The van der Waals surface area contributed by atoms with Crippen LogP contribution in [-0.4, -0.2) is 37.1 Å². The van der Waals surface area contributed by atoms with Crippen molar-refractivity contribution in [3.63, 3.8) is 0 Å². The number of hydrogen-bond acceptors (Lipinski definition) is 2. The Morgan fingerprint density at radius 1 is 1.38 bits per heavy atom. The lowest BCUT2D eigenvalue weighted by Gasteiger charge is -2.19. The van der Waals surface area contributed by atoms with Gasteiger partial charge in [0.15, 0.2) is 0 Å². The number of likely N-dealkylation sites (tertiary alicyclic amines) is 1. The lowest BCUT2D eigenvalue weighted by Crippen LogP contribution is -2.30. The first-order chi connectivity index (χ1) is 7.76. The summed E-state index contributed by atoms with van der Waals surface area (Å²) < 4.78 is 0. The van der Waals surface area contributed by atoms with Crippen LogP contribution in [0.1, 0.15) is 52.9 Å². The molecule has 1 aliphatic heterocycles. The molecule has 0 amide bonds. The minimum absolute atomic E-state index is 0.750. The monoisotopic (exact) mass is 226 g/mol. The van der Waals surface area contributed by atoms with Crippen LogP contribution >= 0.6 is 0 Å². The highest BCUT2D eigenvalue weighted by Gasteiger charge is 2.17. The molecule has 1 fully saturated rings. The van der Waals surface area contributed by atoms with Crippen molar-refractivity contribution in [2.45, 2.75) is 58.9 Å². The first-order valence-corrected chi connectivity index (χ1v) is 7.22. The molecule has 0 aromatic carbocycles. The topological polar surface area (TPSA) is 15.3 Å². The average molecular weight is 226 g/mol. The molecule has 1 saturated heterocycles. The van der Waals surface area contributed by atoms with Gasteiger partial charge < -0.3 is 10.2 Å². The third-order valence-electron chi connectivity index (χ3n) is 3.71. The highest BCUT2D eigenvalue weighted by atomic mass is 15.1. The summed E-state index contributed by atoms with van der Waals surface area (Å²) in [4.78, 5) is 2.64. The zero-order valence-electron chi connectivity index (χ0n) is 11.5. The van der Waals surface area contributed by atoms with Crippen molar-refractivity contribution in [1.82, 2.24) is 10.2 Å². The molecule has 0 aromatic rings. The van der Waals surface area contributed by atoms with Crippen molar-refractivity contribution >= 4 is 0 Å². The number of nitrogens with zero attached hydrogens (tertiary/aromatic N) is 1. The second kappa shape index (κ2) is 8.08. The van der Waals surface area contributed by atoms with Crippen LogP contribution in [-0.2, 0) is 0 Å². The SMILES string of the molecule is CCCNC(CC)CCCN1CCC(C)C1. The second-order valence-electron chi connectivity index (χ2n) is 5.40. The first-order valence-electron chi connectivity index (χ1n) is 7.22. The Hall–Kier alpha value is -0.0800. The Kier molecular flexibility index (Phi) is 7.06. The largest absolute Gasteiger partial charge is 0.314 e. The molecular weight excluding hydrogens is 196 g/mol. The van der Waals surface area contributed by atoms with Crippen LogP contribution in [0.15, 0.2) is 0 Å². The Bertz CT molecular complexity index is 170. The predicted molar refractivity (Wildman–Crippen MR) is 71.8 cm³/mol. The fourth-order valence-electron chi connectivity index (χ4n) is 2.59. The molecule has 1 rings (SSSR count). The maximum atomic E-state index is 3.63. The van der Waals surface area contributed by atoms with Crippen molar-refractivity contribution in [3.05, 3.63) is 0 Å². The van der Waals surface area contributed by atoms with Crippen LogP contribution in [0.4, 0.5) is 0 Å². The molecule has 1 heterocycles. The van der Waals surface area contributed by atoms with Gasteiger partial charge in [0, 0.05) is 12.6 Å². The minimum atomic E-state index is 0.750. The predicted octanol–water partition coefficient (Wildman–Crippen LogP) is 2.89. The molecule has 2 heteroatoms. The lowest BCUT2D eigenvalue weighted by molar-refractivity contribution is 0.308. The highest BCUT2D eigenvalue weighted by Crippen LogP contribution is 2.15. The van der Waals surface area contributed by atoms with Crippen molar-refractivity contribution in [2.75, 3.05) is 26.2 Å². The van der Waals surface area contributed by atoms with E-state index in [1.165, 1.54) is 58.3 Å². The van der Waals surface area contributed by atoms with Gasteiger partial charge in [-0.05, 0) is 57.7 Å². The Balaban J connectivity index is 2.04. The average Bonchev–Trinajstić information content (AvgIpc) is 2.69. The second-order valence-corrected chi connectivity index (χ2v) is 5.40. The van der Waals surface area contributed by atoms with Crippen LogP contribution in [0.25, 0.3) is 0 Å². The summed E-state index contributed by atoms with van der Waals surface area (Å²) in [5, 5.41) is 3.63. The van der Waals surface area contributed by atoms with E-state index in [4.69, 9.17) is 0 Å². The molecule has 1 aliphatic rings. The maximum absolute atomic E-state index is 3.63. The Morgan fingerprint density at radius 2 is 2.19 bits per heavy atom. The van der Waals surface area contributed by atoms with Gasteiger partial charge in [0.1, 0.15) is 0 Å². The van der Waals surface area contributed by atoms with E-state index in [-0.39, 0.29) is 0 Å². The lowest BCUT2D eigenvalue weighted by atomic mass is 10.1. The summed E-state index contributed by atoms with van der Waals surface area (Å²) in [6.45, 7) is 12.1. The van der Waals surface area contributed by atoms with E-state index in [1.54, 1.807) is 0 Å². The molecule has 16 heavy (non-hydrogen) atoms. The van der Waals surface area contributed by atoms with Crippen molar-refractivity contribution < 1.29 is 0 Å². The molecule has 1 N–H and O–H groups in total. The number of nitrogens with one attached hydrogen (secondary N) is 1. The Morgan fingerprint density at radius 3 is 2.75 bits per heavy atom. The molecule has 0 radical (unpaired) electrons. The quantitative estimate of drug-likeness (QED) is 0.684. The maximum Gasteiger partial charge on any atom is 0.00649 e. The van der Waals surface area contributed by atoms with E-state index in [2.05, 4.69) is 31.0 Å². The number of hydrogen-bond donors (Lipinski definition) is 1. The van der Waals surface area contributed by atoms with Crippen LogP contribution < -0.4 is 5.32 Å².